The van der Waals surface area contributed by atoms with Crippen LogP contribution in [0.5, 0.6) is 0 Å². The Bertz CT molecular complexity index is 1110. The number of carbonyl (C=O) groups is 3. The SMILES string of the molecule is CC(C)(C)c1nc2cc(NC(=O)CCN3C(=O)c4ccccc4C3=O)ccc2o1. The van der Waals surface area contributed by atoms with E-state index in [1.54, 1.807) is 42.5 Å². The molecule has 3 aromatic rings. The molecule has 0 spiro atoms. The van der Waals surface area contributed by atoms with Gasteiger partial charge in [0.15, 0.2) is 5.58 Å². The summed E-state index contributed by atoms with van der Waals surface area (Å²) in [7, 11) is 0. The van der Waals surface area contributed by atoms with Gasteiger partial charge in [0.25, 0.3) is 11.8 Å². The molecule has 0 saturated heterocycles. The van der Waals surface area contributed by atoms with E-state index in [1.165, 1.54) is 0 Å². The number of nitrogens with one attached hydrogen (secondary N) is 1. The number of nitrogens with zero attached hydrogens (tertiary/aromatic N) is 2. The molecule has 0 radical (unpaired) electrons. The molecule has 7 nitrogen and oxygen atoms in total. The molecular weight excluding hydrogens is 370 g/mol. The third-order valence-electron chi connectivity index (χ3n) is 4.75. The first-order valence-corrected chi connectivity index (χ1v) is 9.40. The van der Waals surface area contributed by atoms with Crippen LogP contribution in [-0.4, -0.2) is 34.2 Å². The van der Waals surface area contributed by atoms with Gasteiger partial charge in [0, 0.05) is 24.1 Å². The molecule has 1 N–H and O–H groups in total. The smallest absolute Gasteiger partial charge is 0.261 e. The van der Waals surface area contributed by atoms with Crippen molar-refractivity contribution < 1.29 is 18.8 Å². The van der Waals surface area contributed by atoms with Crippen molar-refractivity contribution in [3.63, 3.8) is 0 Å². The Hall–Kier alpha value is -3.48. The number of benzene rings is 2. The zero-order valence-electron chi connectivity index (χ0n) is 16.5. The van der Waals surface area contributed by atoms with Crippen LogP contribution < -0.4 is 5.32 Å². The molecule has 4 rings (SSSR count). The maximum absolute atomic E-state index is 12.4. The number of hydrogen-bond donors (Lipinski definition) is 1. The zero-order valence-corrected chi connectivity index (χ0v) is 16.5. The lowest BCUT2D eigenvalue weighted by Crippen LogP contribution is -2.32. The minimum atomic E-state index is -0.364. The van der Waals surface area contributed by atoms with E-state index < -0.39 is 0 Å². The Morgan fingerprint density at radius 1 is 1.07 bits per heavy atom. The molecule has 1 aliphatic rings. The van der Waals surface area contributed by atoms with Gasteiger partial charge in [0.05, 0.1) is 11.1 Å². The van der Waals surface area contributed by atoms with Gasteiger partial charge >= 0.3 is 0 Å². The maximum Gasteiger partial charge on any atom is 0.261 e. The summed E-state index contributed by atoms with van der Waals surface area (Å²) >= 11 is 0. The molecule has 0 fully saturated rings. The van der Waals surface area contributed by atoms with Gasteiger partial charge < -0.3 is 9.73 Å². The van der Waals surface area contributed by atoms with Gasteiger partial charge in [-0.1, -0.05) is 32.9 Å². The second kappa shape index (κ2) is 6.84. The summed E-state index contributed by atoms with van der Waals surface area (Å²) in [6.07, 6.45) is 0.00949. The molecule has 2 aromatic carbocycles. The van der Waals surface area contributed by atoms with Gasteiger partial charge in [0.2, 0.25) is 11.8 Å². The van der Waals surface area contributed by atoms with Gasteiger partial charge in [-0.05, 0) is 30.3 Å². The van der Waals surface area contributed by atoms with Crippen molar-refractivity contribution in [2.45, 2.75) is 32.6 Å². The first-order valence-electron chi connectivity index (χ1n) is 9.40. The maximum atomic E-state index is 12.4. The Balaban J connectivity index is 1.41. The normalized spacial score (nSPS) is 13.8. The van der Waals surface area contributed by atoms with Crippen LogP contribution in [0.2, 0.25) is 0 Å². The lowest BCUT2D eigenvalue weighted by molar-refractivity contribution is -0.116. The minimum absolute atomic E-state index is 0.00949. The summed E-state index contributed by atoms with van der Waals surface area (Å²) in [6, 6.07) is 11.9. The van der Waals surface area contributed by atoms with Crippen LogP contribution in [0.1, 0.15) is 53.8 Å². The summed E-state index contributed by atoms with van der Waals surface area (Å²) in [5, 5.41) is 2.79. The highest BCUT2D eigenvalue weighted by atomic mass is 16.3. The van der Waals surface area contributed by atoms with Gasteiger partial charge in [0.1, 0.15) is 5.52 Å². The fourth-order valence-electron chi connectivity index (χ4n) is 3.21. The fraction of sp³-hybridized carbons (Fsp3) is 0.273. The van der Waals surface area contributed by atoms with Crippen LogP contribution in [-0.2, 0) is 10.2 Å². The minimum Gasteiger partial charge on any atom is -0.440 e. The highest BCUT2D eigenvalue weighted by Crippen LogP contribution is 2.27. The number of imide groups is 1. The van der Waals surface area contributed by atoms with Gasteiger partial charge in [-0.2, -0.15) is 0 Å². The van der Waals surface area contributed by atoms with E-state index >= 15 is 0 Å². The highest BCUT2D eigenvalue weighted by molar-refractivity contribution is 6.21. The summed E-state index contributed by atoms with van der Waals surface area (Å²) in [4.78, 5) is 42.7. The molecule has 0 unspecified atom stereocenters. The largest absolute Gasteiger partial charge is 0.440 e. The third-order valence-corrected chi connectivity index (χ3v) is 4.75. The third kappa shape index (κ3) is 3.51. The van der Waals surface area contributed by atoms with Crippen molar-refractivity contribution >= 4 is 34.5 Å². The topological polar surface area (TPSA) is 92.5 Å². The molecule has 148 valence electrons. The van der Waals surface area contributed by atoms with Crippen LogP contribution in [0.25, 0.3) is 11.1 Å². The zero-order chi connectivity index (χ0) is 20.8. The number of oxazole rings is 1. The molecule has 0 atom stereocenters. The van der Waals surface area contributed by atoms with Gasteiger partial charge in [-0.3, -0.25) is 19.3 Å². The molecule has 7 heteroatoms. The first kappa shape index (κ1) is 18.9. The van der Waals surface area contributed by atoms with Crippen molar-refractivity contribution in [3.05, 3.63) is 59.5 Å². The van der Waals surface area contributed by atoms with E-state index in [-0.39, 0.29) is 36.1 Å². The fourth-order valence-corrected chi connectivity index (χ4v) is 3.21. The van der Waals surface area contributed by atoms with Crippen LogP contribution >= 0.6 is 0 Å². The van der Waals surface area contributed by atoms with Crippen molar-refractivity contribution in [1.82, 2.24) is 9.88 Å². The van der Waals surface area contributed by atoms with Crippen LogP contribution in [0, 0.1) is 0 Å². The van der Waals surface area contributed by atoms with E-state index in [2.05, 4.69) is 10.3 Å². The Morgan fingerprint density at radius 2 is 1.72 bits per heavy atom. The number of anilines is 1. The number of rotatable bonds is 4. The van der Waals surface area contributed by atoms with Gasteiger partial charge in [-0.25, -0.2) is 4.98 Å². The number of hydrogen-bond acceptors (Lipinski definition) is 5. The van der Waals surface area contributed by atoms with Crippen molar-refractivity contribution in [2.24, 2.45) is 0 Å². The highest BCUT2D eigenvalue weighted by Gasteiger charge is 2.35. The predicted octanol–water partition coefficient (Wildman–Crippen LogP) is 3.75. The van der Waals surface area contributed by atoms with Gasteiger partial charge in [-0.15, -0.1) is 0 Å². The standard InChI is InChI=1S/C22H21N3O4/c1-22(2,3)21-24-16-12-13(8-9-17(16)29-21)23-18(26)10-11-25-19(27)14-6-4-5-7-15(14)20(25)28/h4-9,12H,10-11H2,1-3H3,(H,23,26). The van der Waals surface area contributed by atoms with E-state index in [1.807, 2.05) is 20.8 Å². The summed E-state index contributed by atoms with van der Waals surface area (Å²) in [6.45, 7) is 6.07. The summed E-state index contributed by atoms with van der Waals surface area (Å²) < 4.78 is 5.76. The van der Waals surface area contributed by atoms with E-state index in [9.17, 15) is 14.4 Å². The van der Waals surface area contributed by atoms with Crippen molar-refractivity contribution in [1.29, 1.82) is 0 Å². The van der Waals surface area contributed by atoms with Crippen LogP contribution in [0.3, 0.4) is 0 Å². The van der Waals surface area contributed by atoms with E-state index in [0.29, 0.717) is 33.8 Å². The molecule has 1 aliphatic heterocycles. The molecule has 2 heterocycles. The second-order valence-electron chi connectivity index (χ2n) is 8.06. The number of carbonyl (C=O) groups excluding carboxylic acids is 3. The van der Waals surface area contributed by atoms with Crippen molar-refractivity contribution in [2.75, 3.05) is 11.9 Å². The first-order chi connectivity index (χ1) is 13.7. The quantitative estimate of drug-likeness (QED) is 0.684. The molecule has 0 saturated carbocycles. The number of amides is 3. The molecule has 0 aliphatic carbocycles. The molecule has 0 bridgehead atoms. The summed E-state index contributed by atoms with van der Waals surface area (Å²) in [5.41, 5.74) is 2.44. The lowest BCUT2D eigenvalue weighted by Gasteiger charge is -2.13. The number of fused-ring (bicyclic) bond motifs is 2. The molecular formula is C22H21N3O4. The Labute approximate surface area is 167 Å². The Morgan fingerprint density at radius 3 is 2.34 bits per heavy atom. The second-order valence-corrected chi connectivity index (χ2v) is 8.06. The summed E-state index contributed by atoms with van der Waals surface area (Å²) in [5.74, 6) is -0.392. The van der Waals surface area contributed by atoms with E-state index in [0.717, 1.165) is 4.90 Å². The molecule has 1 aromatic heterocycles. The van der Waals surface area contributed by atoms with E-state index in [4.69, 9.17) is 4.42 Å². The number of aromatic nitrogens is 1. The average molecular weight is 391 g/mol. The van der Waals surface area contributed by atoms with Crippen LogP contribution in [0.15, 0.2) is 46.9 Å². The van der Waals surface area contributed by atoms with Crippen LogP contribution in [0.4, 0.5) is 5.69 Å². The lowest BCUT2D eigenvalue weighted by atomic mass is 9.97. The van der Waals surface area contributed by atoms with Crippen molar-refractivity contribution in [3.8, 4) is 0 Å². The predicted molar refractivity (Wildman–Crippen MR) is 108 cm³/mol. The average Bonchev–Trinajstić information content (AvgIpc) is 3.20. The monoisotopic (exact) mass is 391 g/mol. The molecule has 3 amide bonds. The Kier molecular flexibility index (Phi) is 4.45. The molecule has 29 heavy (non-hydrogen) atoms.